The lowest BCUT2D eigenvalue weighted by atomic mass is 10.3. The summed E-state index contributed by atoms with van der Waals surface area (Å²) in [6, 6.07) is 0. The van der Waals surface area contributed by atoms with Crippen molar-refractivity contribution >= 4 is 0 Å². The molecule has 0 amide bonds. The molecule has 0 saturated heterocycles. The minimum absolute atomic E-state index is 0.569. The lowest BCUT2D eigenvalue weighted by molar-refractivity contribution is 0.411. The first kappa shape index (κ1) is 9.26. The molecular weight excluding hydrogens is 128 g/mol. The van der Waals surface area contributed by atoms with Crippen LogP contribution in [-0.2, 0) is 0 Å². The van der Waals surface area contributed by atoms with Gasteiger partial charge in [-0.2, -0.15) is 0 Å². The van der Waals surface area contributed by atoms with Crippen molar-refractivity contribution in [2.75, 3.05) is 13.1 Å². The zero-order chi connectivity index (χ0) is 7.98. The molecule has 4 nitrogen and oxygen atoms in total. The molecule has 0 spiro atoms. The highest BCUT2D eigenvalue weighted by Gasteiger charge is 1.90. The summed E-state index contributed by atoms with van der Waals surface area (Å²) in [6.07, 6.45) is 2.40. The van der Waals surface area contributed by atoms with Crippen molar-refractivity contribution in [1.29, 1.82) is 0 Å². The number of nitrogens with two attached hydrogens (primary N) is 3. The molecule has 0 aliphatic heterocycles. The molecule has 0 aromatic carbocycles. The van der Waals surface area contributed by atoms with Gasteiger partial charge in [-0.05, 0) is 13.5 Å². The molecule has 0 aliphatic carbocycles. The van der Waals surface area contributed by atoms with Crippen LogP contribution in [-0.4, -0.2) is 18.1 Å². The molecule has 0 unspecified atom stereocenters. The second-order valence-corrected chi connectivity index (χ2v) is 2.07. The largest absolute Gasteiger partial charge is 0.401 e. The van der Waals surface area contributed by atoms with Crippen molar-refractivity contribution in [3.05, 3.63) is 11.9 Å². The third kappa shape index (κ3) is 4.17. The van der Waals surface area contributed by atoms with E-state index < -0.39 is 0 Å². The molecule has 6 N–H and O–H groups in total. The highest BCUT2D eigenvalue weighted by atomic mass is 15.4. The van der Waals surface area contributed by atoms with Gasteiger partial charge in [-0.25, -0.2) is 5.84 Å². The van der Waals surface area contributed by atoms with E-state index in [1.807, 2.05) is 6.92 Å². The number of rotatable bonds is 4. The van der Waals surface area contributed by atoms with Crippen LogP contribution in [0.25, 0.3) is 0 Å². The highest BCUT2D eigenvalue weighted by molar-refractivity contribution is 4.94. The van der Waals surface area contributed by atoms with Crippen molar-refractivity contribution in [3.8, 4) is 0 Å². The Kier molecular flexibility index (Phi) is 4.70. The predicted molar refractivity (Wildman–Crippen MR) is 42.5 cm³/mol. The van der Waals surface area contributed by atoms with Crippen LogP contribution in [0.4, 0.5) is 0 Å². The summed E-state index contributed by atoms with van der Waals surface area (Å²) in [5, 5.41) is 1.53. The van der Waals surface area contributed by atoms with Crippen molar-refractivity contribution < 1.29 is 0 Å². The Morgan fingerprint density at radius 2 is 2.20 bits per heavy atom. The van der Waals surface area contributed by atoms with E-state index in [0.717, 1.165) is 12.2 Å². The molecule has 4 heteroatoms. The van der Waals surface area contributed by atoms with Gasteiger partial charge >= 0.3 is 0 Å². The Hall–Kier alpha value is -0.740. The van der Waals surface area contributed by atoms with Crippen LogP contribution in [0, 0.1) is 0 Å². The molecule has 0 fully saturated rings. The Bertz CT molecular complexity index is 110. The van der Waals surface area contributed by atoms with E-state index in [0.29, 0.717) is 13.0 Å². The molecular formula is C6H16N4. The first-order valence-electron chi connectivity index (χ1n) is 3.38. The average molecular weight is 144 g/mol. The summed E-state index contributed by atoms with van der Waals surface area (Å²) in [5.74, 6) is 5.44. The minimum Gasteiger partial charge on any atom is -0.401 e. The molecule has 60 valence electrons. The van der Waals surface area contributed by atoms with Gasteiger partial charge in [-0.15, -0.1) is 0 Å². The van der Waals surface area contributed by atoms with Gasteiger partial charge in [0.2, 0.25) is 0 Å². The van der Waals surface area contributed by atoms with Crippen LogP contribution in [0.3, 0.4) is 0 Å². The van der Waals surface area contributed by atoms with Gasteiger partial charge in [0.15, 0.2) is 0 Å². The van der Waals surface area contributed by atoms with Crippen LogP contribution in [0.5, 0.6) is 0 Å². The summed E-state index contributed by atoms with van der Waals surface area (Å²) < 4.78 is 0. The summed E-state index contributed by atoms with van der Waals surface area (Å²) in [7, 11) is 0. The van der Waals surface area contributed by atoms with E-state index in [1.165, 1.54) is 5.01 Å². The van der Waals surface area contributed by atoms with Crippen LogP contribution >= 0.6 is 0 Å². The Morgan fingerprint density at radius 3 is 2.60 bits per heavy atom. The van der Waals surface area contributed by atoms with Crippen LogP contribution in [0.15, 0.2) is 11.9 Å². The first-order valence-corrected chi connectivity index (χ1v) is 3.38. The zero-order valence-electron chi connectivity index (χ0n) is 6.38. The van der Waals surface area contributed by atoms with Gasteiger partial charge in [-0.3, -0.25) is 0 Å². The molecule has 0 heterocycles. The van der Waals surface area contributed by atoms with E-state index in [-0.39, 0.29) is 0 Å². The minimum atomic E-state index is 0.569. The summed E-state index contributed by atoms with van der Waals surface area (Å²) in [6.45, 7) is 3.28. The number of hydrazine groups is 1. The maximum absolute atomic E-state index is 5.52. The topological polar surface area (TPSA) is 81.3 Å². The lowest BCUT2D eigenvalue weighted by Gasteiger charge is -2.10. The Balaban J connectivity index is 3.65. The summed E-state index contributed by atoms with van der Waals surface area (Å²) in [4.78, 5) is 0. The molecule has 0 radical (unpaired) electrons. The molecule has 0 aromatic rings. The number of nitrogens with zero attached hydrogens (tertiary/aromatic N) is 1. The molecule has 0 bridgehead atoms. The maximum atomic E-state index is 5.52. The lowest BCUT2D eigenvalue weighted by Crippen LogP contribution is -2.26. The molecule has 0 saturated carbocycles. The zero-order valence-corrected chi connectivity index (χ0v) is 6.38. The van der Waals surface area contributed by atoms with Crippen molar-refractivity contribution in [1.82, 2.24) is 5.01 Å². The Labute approximate surface area is 61.6 Å². The van der Waals surface area contributed by atoms with Gasteiger partial charge in [-0.1, -0.05) is 0 Å². The fraction of sp³-hybridized carbons (Fsp3) is 0.667. The fourth-order valence-electron chi connectivity index (χ4n) is 0.535. The SMILES string of the molecule is CCN(N)/C=C(\N)CCN. The van der Waals surface area contributed by atoms with Crippen molar-refractivity contribution in [2.45, 2.75) is 13.3 Å². The average Bonchev–Trinajstić information content (AvgIpc) is 1.88. The Morgan fingerprint density at radius 1 is 1.60 bits per heavy atom. The second kappa shape index (κ2) is 5.08. The number of hydrogen-bond acceptors (Lipinski definition) is 4. The van der Waals surface area contributed by atoms with Gasteiger partial charge in [0.05, 0.1) is 0 Å². The molecule has 0 atom stereocenters. The van der Waals surface area contributed by atoms with Crippen LogP contribution < -0.4 is 17.3 Å². The maximum Gasteiger partial charge on any atom is 0.0343 e. The third-order valence-corrected chi connectivity index (χ3v) is 1.13. The quantitative estimate of drug-likeness (QED) is 0.361. The first-order chi connectivity index (χ1) is 4.70. The molecule has 0 aliphatic rings. The van der Waals surface area contributed by atoms with Crippen molar-refractivity contribution in [3.63, 3.8) is 0 Å². The molecule has 10 heavy (non-hydrogen) atoms. The van der Waals surface area contributed by atoms with Crippen LogP contribution in [0.1, 0.15) is 13.3 Å². The summed E-state index contributed by atoms with van der Waals surface area (Å²) >= 11 is 0. The van der Waals surface area contributed by atoms with E-state index in [4.69, 9.17) is 17.3 Å². The van der Waals surface area contributed by atoms with E-state index >= 15 is 0 Å². The van der Waals surface area contributed by atoms with Crippen molar-refractivity contribution in [2.24, 2.45) is 17.3 Å². The normalized spacial score (nSPS) is 11.7. The highest BCUT2D eigenvalue weighted by Crippen LogP contribution is 1.90. The molecule has 0 rings (SSSR count). The second-order valence-electron chi connectivity index (χ2n) is 2.07. The fourth-order valence-corrected chi connectivity index (χ4v) is 0.535. The van der Waals surface area contributed by atoms with Crippen LogP contribution in [0.2, 0.25) is 0 Å². The number of hydrogen-bond donors (Lipinski definition) is 3. The van der Waals surface area contributed by atoms with E-state index in [9.17, 15) is 0 Å². The smallest absolute Gasteiger partial charge is 0.0343 e. The van der Waals surface area contributed by atoms with E-state index in [2.05, 4.69) is 0 Å². The standard InChI is InChI=1S/C6H16N4/c1-2-10(9)5-6(8)3-4-7/h5H,2-4,7-9H2,1H3/b6-5-. The van der Waals surface area contributed by atoms with Gasteiger partial charge < -0.3 is 16.5 Å². The molecule has 0 aromatic heterocycles. The summed E-state index contributed by atoms with van der Waals surface area (Å²) in [5.41, 5.74) is 11.5. The predicted octanol–water partition coefficient (Wildman–Crippen LogP) is -0.669. The monoisotopic (exact) mass is 144 g/mol. The van der Waals surface area contributed by atoms with Gasteiger partial charge in [0, 0.05) is 24.9 Å². The van der Waals surface area contributed by atoms with Gasteiger partial charge in [0.1, 0.15) is 0 Å². The third-order valence-electron chi connectivity index (χ3n) is 1.13. The van der Waals surface area contributed by atoms with E-state index in [1.54, 1.807) is 6.20 Å². The van der Waals surface area contributed by atoms with Gasteiger partial charge in [0.25, 0.3) is 0 Å².